The van der Waals surface area contributed by atoms with Gasteiger partial charge in [-0.2, -0.15) is 0 Å². The van der Waals surface area contributed by atoms with Gasteiger partial charge in [-0.25, -0.2) is 4.79 Å². The Bertz CT molecular complexity index is 414. The van der Waals surface area contributed by atoms with Crippen LogP contribution in [0.1, 0.15) is 71.6 Å². The van der Waals surface area contributed by atoms with E-state index < -0.39 is 12.1 Å². The van der Waals surface area contributed by atoms with Crippen molar-refractivity contribution >= 4 is 11.8 Å². The molecule has 0 amide bonds. The lowest BCUT2D eigenvalue weighted by Crippen LogP contribution is -2.32. The zero-order valence-electron chi connectivity index (χ0n) is 13.8. The first-order valence-electron chi connectivity index (χ1n) is 8.43. The molecule has 1 rings (SSSR count). The van der Waals surface area contributed by atoms with Gasteiger partial charge < -0.3 is 9.84 Å². The fraction of sp³-hybridized carbons (Fsp3) is 0.667. The minimum Gasteiger partial charge on any atom is -0.511 e. The van der Waals surface area contributed by atoms with Crippen LogP contribution in [0.5, 0.6) is 0 Å². The lowest BCUT2D eigenvalue weighted by Gasteiger charge is -2.21. The number of unbranched alkanes of at least 4 members (excludes halogenated alkanes) is 5. The van der Waals surface area contributed by atoms with Gasteiger partial charge in [-0.05, 0) is 25.3 Å². The molecule has 1 unspecified atom stereocenters. The number of carbonyl (C=O) groups excluding carboxylic acids is 2. The van der Waals surface area contributed by atoms with Crippen molar-refractivity contribution in [3.8, 4) is 0 Å². The first-order chi connectivity index (χ1) is 10.6. The third-order valence-electron chi connectivity index (χ3n) is 3.73. The van der Waals surface area contributed by atoms with Crippen molar-refractivity contribution in [1.82, 2.24) is 0 Å². The van der Waals surface area contributed by atoms with E-state index in [-0.39, 0.29) is 23.5 Å². The van der Waals surface area contributed by atoms with Gasteiger partial charge in [0.1, 0.15) is 17.4 Å². The summed E-state index contributed by atoms with van der Waals surface area (Å²) in [4.78, 5) is 23.8. The van der Waals surface area contributed by atoms with E-state index >= 15 is 0 Å². The van der Waals surface area contributed by atoms with Gasteiger partial charge in [0.05, 0.1) is 6.42 Å². The third kappa shape index (κ3) is 6.04. The van der Waals surface area contributed by atoms with Crippen molar-refractivity contribution in [3.63, 3.8) is 0 Å². The number of hydrogen-bond acceptors (Lipinski definition) is 4. The van der Waals surface area contributed by atoms with Gasteiger partial charge in [0, 0.05) is 6.42 Å². The summed E-state index contributed by atoms with van der Waals surface area (Å²) in [5.74, 6) is -1.16. The summed E-state index contributed by atoms with van der Waals surface area (Å²) in [5, 5.41) is 9.76. The molecule has 1 aliphatic rings. The number of hydrogen-bond donors (Lipinski definition) is 1. The highest BCUT2D eigenvalue weighted by Crippen LogP contribution is 2.21. The standard InChI is InChI=1S/C18H28O4/c1-3-5-6-7-8-9-10-12-14-13-16(20)17(18(21)22-14)15(19)11-4-2/h10,12,14,19H,3-9,11,13H2,1-2H3/b12-10+,17-15?. The van der Waals surface area contributed by atoms with E-state index in [0.717, 1.165) is 12.8 Å². The topological polar surface area (TPSA) is 63.6 Å². The summed E-state index contributed by atoms with van der Waals surface area (Å²) in [7, 11) is 0. The smallest absolute Gasteiger partial charge is 0.345 e. The number of cyclic esters (lactones) is 1. The van der Waals surface area contributed by atoms with Crippen molar-refractivity contribution in [2.45, 2.75) is 77.7 Å². The van der Waals surface area contributed by atoms with Gasteiger partial charge in [0.15, 0.2) is 5.78 Å². The largest absolute Gasteiger partial charge is 0.511 e. The average molecular weight is 308 g/mol. The van der Waals surface area contributed by atoms with E-state index in [1.807, 2.05) is 13.0 Å². The fourth-order valence-electron chi connectivity index (χ4n) is 2.50. The molecule has 1 atom stereocenters. The van der Waals surface area contributed by atoms with Crippen molar-refractivity contribution < 1.29 is 19.4 Å². The van der Waals surface area contributed by atoms with Gasteiger partial charge in [-0.1, -0.05) is 45.6 Å². The first kappa shape index (κ1) is 18.5. The van der Waals surface area contributed by atoms with Crippen LogP contribution in [0.4, 0.5) is 0 Å². The van der Waals surface area contributed by atoms with E-state index in [0.29, 0.717) is 12.8 Å². The number of aliphatic hydroxyl groups is 1. The minimum atomic E-state index is -0.695. The van der Waals surface area contributed by atoms with Crippen molar-refractivity contribution in [2.75, 3.05) is 0 Å². The number of ether oxygens (including phenoxy) is 1. The van der Waals surface area contributed by atoms with Crippen LogP contribution < -0.4 is 0 Å². The molecule has 0 aliphatic carbocycles. The van der Waals surface area contributed by atoms with Crippen LogP contribution >= 0.6 is 0 Å². The number of esters is 1. The zero-order chi connectivity index (χ0) is 16.4. The van der Waals surface area contributed by atoms with Gasteiger partial charge in [0.2, 0.25) is 0 Å². The van der Waals surface area contributed by atoms with Crippen LogP contribution in [0.25, 0.3) is 0 Å². The highest BCUT2D eigenvalue weighted by Gasteiger charge is 2.33. The Balaban J connectivity index is 2.43. The molecule has 0 radical (unpaired) electrons. The Morgan fingerprint density at radius 1 is 1.18 bits per heavy atom. The SMILES string of the molecule is CCCCCCC/C=C/C1CC(=O)C(=C(O)CCC)C(=O)O1. The van der Waals surface area contributed by atoms with Gasteiger partial charge in [-0.15, -0.1) is 0 Å². The summed E-state index contributed by atoms with van der Waals surface area (Å²) in [6.07, 6.45) is 11.4. The molecule has 1 N–H and O–H groups in total. The first-order valence-corrected chi connectivity index (χ1v) is 8.43. The van der Waals surface area contributed by atoms with Crippen molar-refractivity contribution in [1.29, 1.82) is 0 Å². The minimum absolute atomic E-state index is 0.126. The Morgan fingerprint density at radius 3 is 2.55 bits per heavy atom. The monoisotopic (exact) mass is 308 g/mol. The number of Topliss-reactive ketones (excluding diaryl/α,β-unsaturated/α-hetero) is 1. The van der Waals surface area contributed by atoms with Crippen LogP contribution in [-0.2, 0) is 14.3 Å². The average Bonchev–Trinajstić information content (AvgIpc) is 2.46. The lowest BCUT2D eigenvalue weighted by atomic mass is 9.99. The molecule has 22 heavy (non-hydrogen) atoms. The molecule has 1 saturated heterocycles. The van der Waals surface area contributed by atoms with Crippen LogP contribution in [0.15, 0.2) is 23.5 Å². The van der Waals surface area contributed by atoms with Crippen LogP contribution in [0.3, 0.4) is 0 Å². The Labute approximate surface area is 133 Å². The molecule has 1 heterocycles. The second-order valence-electron chi connectivity index (χ2n) is 5.77. The van der Waals surface area contributed by atoms with E-state index in [4.69, 9.17) is 4.74 Å². The summed E-state index contributed by atoms with van der Waals surface area (Å²) < 4.78 is 5.22. The maximum absolute atomic E-state index is 12.0. The predicted molar refractivity (Wildman–Crippen MR) is 86.6 cm³/mol. The third-order valence-corrected chi connectivity index (χ3v) is 3.73. The molecule has 0 aromatic rings. The highest BCUT2D eigenvalue weighted by molar-refractivity contribution is 6.19. The second kappa shape index (κ2) is 10.2. The second-order valence-corrected chi connectivity index (χ2v) is 5.77. The lowest BCUT2D eigenvalue weighted by molar-refractivity contribution is -0.148. The summed E-state index contributed by atoms with van der Waals surface area (Å²) >= 11 is 0. The Morgan fingerprint density at radius 2 is 1.91 bits per heavy atom. The van der Waals surface area contributed by atoms with Crippen molar-refractivity contribution in [2.24, 2.45) is 0 Å². The number of aliphatic hydroxyl groups excluding tert-OH is 1. The molecular formula is C18H28O4. The number of carbonyl (C=O) groups is 2. The molecule has 0 aromatic heterocycles. The zero-order valence-corrected chi connectivity index (χ0v) is 13.8. The Hall–Kier alpha value is -1.58. The van der Waals surface area contributed by atoms with Gasteiger partial charge >= 0.3 is 5.97 Å². The highest BCUT2D eigenvalue weighted by atomic mass is 16.5. The normalized spacial score (nSPS) is 21.3. The molecule has 4 heteroatoms. The number of allylic oxidation sites excluding steroid dienone is 2. The van der Waals surface area contributed by atoms with Crippen LogP contribution in [0.2, 0.25) is 0 Å². The van der Waals surface area contributed by atoms with E-state index in [9.17, 15) is 14.7 Å². The van der Waals surface area contributed by atoms with Gasteiger partial charge in [-0.3, -0.25) is 4.79 Å². The molecule has 0 aromatic carbocycles. The van der Waals surface area contributed by atoms with E-state index in [1.54, 1.807) is 6.08 Å². The molecule has 1 aliphatic heterocycles. The van der Waals surface area contributed by atoms with E-state index in [2.05, 4.69) is 6.92 Å². The number of rotatable bonds is 9. The van der Waals surface area contributed by atoms with Crippen LogP contribution in [-0.4, -0.2) is 23.0 Å². The predicted octanol–water partition coefficient (Wildman–Crippen LogP) is 4.40. The molecule has 124 valence electrons. The molecule has 0 spiro atoms. The summed E-state index contributed by atoms with van der Waals surface area (Å²) in [6.45, 7) is 4.07. The maximum atomic E-state index is 12.0. The molecule has 0 bridgehead atoms. The Kier molecular flexibility index (Phi) is 8.56. The maximum Gasteiger partial charge on any atom is 0.345 e. The molecular weight excluding hydrogens is 280 g/mol. The summed E-state index contributed by atoms with van der Waals surface area (Å²) in [6, 6.07) is 0. The fourth-order valence-corrected chi connectivity index (χ4v) is 2.50. The summed E-state index contributed by atoms with van der Waals surface area (Å²) in [5.41, 5.74) is -0.161. The van der Waals surface area contributed by atoms with Gasteiger partial charge in [0.25, 0.3) is 0 Å². The number of ketones is 1. The quantitative estimate of drug-likeness (QED) is 0.171. The molecule has 4 nitrogen and oxygen atoms in total. The molecule has 0 saturated carbocycles. The van der Waals surface area contributed by atoms with E-state index in [1.165, 1.54) is 25.7 Å². The van der Waals surface area contributed by atoms with Crippen molar-refractivity contribution in [3.05, 3.63) is 23.5 Å². The van der Waals surface area contributed by atoms with Crippen LogP contribution in [0, 0.1) is 0 Å². The molecule has 1 fully saturated rings.